The summed E-state index contributed by atoms with van der Waals surface area (Å²) in [5.41, 5.74) is 6.72. The van der Waals surface area contributed by atoms with Crippen LogP contribution in [0.15, 0.2) is 29.2 Å². The van der Waals surface area contributed by atoms with Gasteiger partial charge in [0.15, 0.2) is 0 Å². The fourth-order valence-corrected chi connectivity index (χ4v) is 2.59. The van der Waals surface area contributed by atoms with Gasteiger partial charge in [-0.15, -0.1) is 0 Å². The summed E-state index contributed by atoms with van der Waals surface area (Å²) in [7, 11) is 0. The number of rotatable bonds is 6. The lowest BCUT2D eigenvalue weighted by molar-refractivity contribution is 0.0913. The lowest BCUT2D eigenvalue weighted by atomic mass is 10.1. The van der Waals surface area contributed by atoms with Crippen molar-refractivity contribution in [3.63, 3.8) is 0 Å². The number of fused-ring (bicyclic) bond motifs is 1. The van der Waals surface area contributed by atoms with Crippen LogP contribution in [-0.4, -0.2) is 28.2 Å². The van der Waals surface area contributed by atoms with Gasteiger partial charge in [-0.25, -0.2) is 0 Å². The number of nitrogen functional groups attached to an aromatic ring is 1. The van der Waals surface area contributed by atoms with Crippen molar-refractivity contribution in [3.8, 4) is 0 Å². The molecule has 124 valence electrons. The first kappa shape index (κ1) is 17.0. The molecule has 0 spiro atoms. The molecular weight excluding hydrogens is 294 g/mol. The Morgan fingerprint density at radius 3 is 2.74 bits per heavy atom. The number of aromatic nitrogens is 1. The first-order valence-corrected chi connectivity index (χ1v) is 7.86. The number of nitrogens with one attached hydrogen (secondary N) is 1. The quantitative estimate of drug-likeness (QED) is 0.703. The molecule has 6 heteroatoms. The van der Waals surface area contributed by atoms with Gasteiger partial charge < -0.3 is 20.7 Å². The number of anilines is 1. The predicted octanol–water partition coefficient (Wildman–Crippen LogP) is 1.49. The van der Waals surface area contributed by atoms with Crippen LogP contribution < -0.4 is 16.5 Å². The SMILES string of the molecule is CCCn1cc(C(=O)NC(CC)CO)c(=O)c2c(N)cccc21. The van der Waals surface area contributed by atoms with Crippen LogP contribution in [0.4, 0.5) is 5.69 Å². The van der Waals surface area contributed by atoms with Gasteiger partial charge in [0.1, 0.15) is 5.56 Å². The van der Waals surface area contributed by atoms with Gasteiger partial charge in [0.25, 0.3) is 5.91 Å². The lowest BCUT2D eigenvalue weighted by Crippen LogP contribution is -2.39. The van der Waals surface area contributed by atoms with E-state index >= 15 is 0 Å². The average Bonchev–Trinajstić information content (AvgIpc) is 2.55. The van der Waals surface area contributed by atoms with E-state index in [1.54, 1.807) is 18.3 Å². The lowest BCUT2D eigenvalue weighted by Gasteiger charge is -2.16. The molecule has 6 nitrogen and oxygen atoms in total. The number of carbonyl (C=O) groups excluding carboxylic acids is 1. The van der Waals surface area contributed by atoms with Crippen LogP contribution in [-0.2, 0) is 6.54 Å². The van der Waals surface area contributed by atoms with Crippen LogP contribution in [0.25, 0.3) is 10.9 Å². The minimum Gasteiger partial charge on any atom is -0.398 e. The van der Waals surface area contributed by atoms with Crippen molar-refractivity contribution in [1.29, 1.82) is 0 Å². The van der Waals surface area contributed by atoms with Gasteiger partial charge in [-0.05, 0) is 25.0 Å². The van der Waals surface area contributed by atoms with E-state index in [0.717, 1.165) is 11.9 Å². The first-order chi connectivity index (χ1) is 11.0. The Hall–Kier alpha value is -2.34. The summed E-state index contributed by atoms with van der Waals surface area (Å²) in [4.78, 5) is 25.1. The number of amides is 1. The molecule has 0 bridgehead atoms. The second-order valence-corrected chi connectivity index (χ2v) is 5.57. The van der Waals surface area contributed by atoms with Crippen molar-refractivity contribution < 1.29 is 9.90 Å². The molecule has 2 rings (SSSR count). The van der Waals surface area contributed by atoms with Gasteiger partial charge in [-0.1, -0.05) is 19.9 Å². The third-order valence-electron chi connectivity index (χ3n) is 3.90. The molecule has 0 aliphatic rings. The summed E-state index contributed by atoms with van der Waals surface area (Å²) >= 11 is 0. The molecule has 1 amide bonds. The number of pyridine rings is 1. The maximum absolute atomic E-state index is 12.7. The Balaban J connectivity index is 2.60. The maximum atomic E-state index is 12.7. The second-order valence-electron chi connectivity index (χ2n) is 5.57. The van der Waals surface area contributed by atoms with Gasteiger partial charge in [-0.3, -0.25) is 9.59 Å². The molecule has 0 aliphatic carbocycles. The van der Waals surface area contributed by atoms with Crippen LogP contribution in [0, 0.1) is 0 Å². The Morgan fingerprint density at radius 1 is 1.39 bits per heavy atom. The molecule has 0 saturated carbocycles. The zero-order valence-corrected chi connectivity index (χ0v) is 13.5. The summed E-state index contributed by atoms with van der Waals surface area (Å²) in [6.45, 7) is 4.39. The van der Waals surface area contributed by atoms with Gasteiger partial charge in [0.05, 0.1) is 23.6 Å². The van der Waals surface area contributed by atoms with Crippen LogP contribution >= 0.6 is 0 Å². The average molecular weight is 317 g/mol. The van der Waals surface area contributed by atoms with E-state index in [1.165, 1.54) is 0 Å². The number of hydrogen-bond acceptors (Lipinski definition) is 4. The number of nitrogens with two attached hydrogens (primary N) is 1. The number of nitrogens with zero attached hydrogens (tertiary/aromatic N) is 1. The topological polar surface area (TPSA) is 97.4 Å². The van der Waals surface area contributed by atoms with Crippen LogP contribution in [0.3, 0.4) is 0 Å². The molecule has 23 heavy (non-hydrogen) atoms. The number of benzene rings is 1. The largest absolute Gasteiger partial charge is 0.398 e. The highest BCUT2D eigenvalue weighted by atomic mass is 16.3. The Labute approximate surface area is 134 Å². The number of aliphatic hydroxyl groups excluding tert-OH is 1. The molecule has 1 atom stereocenters. The zero-order valence-electron chi connectivity index (χ0n) is 13.5. The van der Waals surface area contributed by atoms with E-state index in [0.29, 0.717) is 24.0 Å². The van der Waals surface area contributed by atoms with Crippen LogP contribution in [0.1, 0.15) is 37.0 Å². The number of hydrogen-bond donors (Lipinski definition) is 3. The van der Waals surface area contributed by atoms with E-state index in [9.17, 15) is 14.7 Å². The van der Waals surface area contributed by atoms with Crippen molar-refractivity contribution in [3.05, 3.63) is 40.2 Å². The van der Waals surface area contributed by atoms with E-state index in [1.807, 2.05) is 24.5 Å². The van der Waals surface area contributed by atoms with E-state index < -0.39 is 5.91 Å². The van der Waals surface area contributed by atoms with Crippen molar-refractivity contribution in [2.24, 2.45) is 0 Å². The fraction of sp³-hybridized carbons (Fsp3) is 0.412. The van der Waals surface area contributed by atoms with E-state index in [4.69, 9.17) is 5.73 Å². The van der Waals surface area contributed by atoms with Gasteiger partial charge >= 0.3 is 0 Å². The number of aryl methyl sites for hydroxylation is 1. The molecule has 0 fully saturated rings. The Bertz CT molecular complexity index is 764. The highest BCUT2D eigenvalue weighted by molar-refractivity contribution is 6.00. The third-order valence-corrected chi connectivity index (χ3v) is 3.90. The van der Waals surface area contributed by atoms with E-state index in [2.05, 4.69) is 5.32 Å². The summed E-state index contributed by atoms with van der Waals surface area (Å²) in [5, 5.41) is 12.3. The van der Waals surface area contributed by atoms with Crippen molar-refractivity contribution >= 4 is 22.5 Å². The van der Waals surface area contributed by atoms with Crippen LogP contribution in [0.5, 0.6) is 0 Å². The highest BCUT2D eigenvalue weighted by Gasteiger charge is 2.18. The van der Waals surface area contributed by atoms with Gasteiger partial charge in [0, 0.05) is 18.4 Å². The monoisotopic (exact) mass is 317 g/mol. The molecule has 4 N–H and O–H groups in total. The highest BCUT2D eigenvalue weighted by Crippen LogP contribution is 2.18. The summed E-state index contributed by atoms with van der Waals surface area (Å²) < 4.78 is 1.88. The standard InChI is InChI=1S/C17H23N3O3/c1-3-8-20-9-12(17(23)19-11(4-2)10-21)16(22)15-13(18)6-5-7-14(15)20/h5-7,9,11,21H,3-4,8,10,18H2,1-2H3,(H,19,23). The normalized spacial score (nSPS) is 12.3. The molecule has 1 heterocycles. The summed E-state index contributed by atoms with van der Waals surface area (Å²) in [6.07, 6.45) is 3.02. The minimum absolute atomic E-state index is 0.0516. The number of aliphatic hydroxyl groups is 1. The maximum Gasteiger partial charge on any atom is 0.257 e. The fourth-order valence-electron chi connectivity index (χ4n) is 2.59. The van der Waals surface area contributed by atoms with Crippen molar-refractivity contribution in [1.82, 2.24) is 9.88 Å². The molecule has 0 radical (unpaired) electrons. The van der Waals surface area contributed by atoms with Gasteiger partial charge in [0.2, 0.25) is 5.43 Å². The Kier molecular flexibility index (Phi) is 5.39. The third kappa shape index (κ3) is 3.37. The van der Waals surface area contributed by atoms with E-state index in [-0.39, 0.29) is 23.6 Å². The van der Waals surface area contributed by atoms with Crippen molar-refractivity contribution in [2.45, 2.75) is 39.3 Å². The smallest absolute Gasteiger partial charge is 0.257 e. The predicted molar refractivity (Wildman–Crippen MR) is 91.5 cm³/mol. The first-order valence-electron chi connectivity index (χ1n) is 7.86. The molecule has 1 aromatic carbocycles. The Morgan fingerprint density at radius 2 is 2.13 bits per heavy atom. The molecule has 1 unspecified atom stereocenters. The molecule has 0 aliphatic heterocycles. The molecule has 1 aromatic heterocycles. The minimum atomic E-state index is -0.481. The van der Waals surface area contributed by atoms with Gasteiger partial charge in [-0.2, -0.15) is 0 Å². The number of carbonyl (C=O) groups is 1. The van der Waals surface area contributed by atoms with Crippen LogP contribution in [0.2, 0.25) is 0 Å². The second kappa shape index (κ2) is 7.28. The summed E-state index contributed by atoms with van der Waals surface area (Å²) in [5.74, 6) is -0.481. The van der Waals surface area contributed by atoms with Crippen molar-refractivity contribution in [2.75, 3.05) is 12.3 Å². The zero-order chi connectivity index (χ0) is 17.0. The summed E-state index contributed by atoms with van der Waals surface area (Å²) in [6, 6.07) is 4.91. The molecule has 0 saturated heterocycles. The molecular formula is C17H23N3O3. The molecule has 2 aromatic rings.